The Hall–Kier alpha value is -0.120. The Kier molecular flexibility index (Phi) is 2.10. The highest BCUT2D eigenvalue weighted by molar-refractivity contribution is 4.89. The van der Waals surface area contributed by atoms with Crippen molar-refractivity contribution >= 4 is 0 Å². The average molecular weight is 172 g/mol. The first-order valence-corrected chi connectivity index (χ1v) is 4.72. The van der Waals surface area contributed by atoms with Crippen molar-refractivity contribution < 1.29 is 14.6 Å². The molecular formula is C9H16O3. The molecule has 0 saturated carbocycles. The van der Waals surface area contributed by atoms with E-state index in [1.807, 2.05) is 0 Å². The fourth-order valence-corrected chi connectivity index (χ4v) is 2.32. The summed E-state index contributed by atoms with van der Waals surface area (Å²) in [5.41, 5.74) is 0.109. The van der Waals surface area contributed by atoms with Crippen LogP contribution in [0.3, 0.4) is 0 Å². The summed E-state index contributed by atoms with van der Waals surface area (Å²) in [5.74, 6) is 0. The number of hydrogen-bond acceptors (Lipinski definition) is 3. The summed E-state index contributed by atoms with van der Waals surface area (Å²) in [6.45, 7) is 2.92. The maximum Gasteiger partial charge on any atom is 0.166 e. The molecule has 0 aliphatic carbocycles. The summed E-state index contributed by atoms with van der Waals surface area (Å²) in [6.07, 6.45) is 3.26. The number of hydrogen-bond donors (Lipinski definition) is 1. The molecule has 1 N–H and O–H groups in total. The normalized spacial score (nSPS) is 47.5. The molecule has 0 aromatic heterocycles. The van der Waals surface area contributed by atoms with Gasteiger partial charge in [0.25, 0.3) is 0 Å². The summed E-state index contributed by atoms with van der Waals surface area (Å²) < 4.78 is 10.8. The van der Waals surface area contributed by atoms with Crippen LogP contribution in [0.15, 0.2) is 0 Å². The minimum Gasteiger partial charge on any atom is -0.368 e. The molecule has 0 radical (unpaired) electrons. The van der Waals surface area contributed by atoms with E-state index in [2.05, 4.69) is 6.92 Å². The summed E-state index contributed by atoms with van der Waals surface area (Å²) in [4.78, 5) is 0. The van der Waals surface area contributed by atoms with Gasteiger partial charge < -0.3 is 14.6 Å². The number of ether oxygens (including phenoxy) is 2. The van der Waals surface area contributed by atoms with Gasteiger partial charge in [-0.05, 0) is 19.3 Å². The third kappa shape index (κ3) is 1.16. The van der Waals surface area contributed by atoms with Crippen molar-refractivity contribution in [1.29, 1.82) is 0 Å². The van der Waals surface area contributed by atoms with Gasteiger partial charge in [0.2, 0.25) is 0 Å². The van der Waals surface area contributed by atoms with Gasteiger partial charge >= 0.3 is 0 Å². The first-order valence-electron chi connectivity index (χ1n) is 4.72. The van der Waals surface area contributed by atoms with Crippen LogP contribution in [-0.4, -0.2) is 24.3 Å². The Bertz CT molecular complexity index is 171. The Morgan fingerprint density at radius 1 is 1.58 bits per heavy atom. The number of fused-ring (bicyclic) bond motifs is 1. The molecule has 3 atom stereocenters. The molecule has 2 aliphatic heterocycles. The number of aliphatic hydroxyl groups is 1. The first kappa shape index (κ1) is 8.48. The zero-order valence-electron chi connectivity index (χ0n) is 7.45. The fraction of sp³-hybridized carbons (Fsp3) is 1.00. The molecule has 2 rings (SSSR count). The van der Waals surface area contributed by atoms with Crippen LogP contribution < -0.4 is 0 Å². The maximum absolute atomic E-state index is 9.35. The van der Waals surface area contributed by atoms with Gasteiger partial charge in [-0.3, -0.25) is 0 Å². The van der Waals surface area contributed by atoms with E-state index in [0.717, 1.165) is 32.3 Å². The Morgan fingerprint density at radius 3 is 3.08 bits per heavy atom. The third-order valence-electron chi connectivity index (χ3n) is 3.15. The van der Waals surface area contributed by atoms with E-state index in [9.17, 15) is 5.11 Å². The lowest BCUT2D eigenvalue weighted by atomic mass is 9.77. The molecule has 2 aliphatic rings. The molecule has 0 amide bonds. The summed E-state index contributed by atoms with van der Waals surface area (Å²) in [6, 6.07) is 0. The van der Waals surface area contributed by atoms with Crippen LogP contribution >= 0.6 is 0 Å². The van der Waals surface area contributed by atoms with Gasteiger partial charge in [-0.2, -0.15) is 0 Å². The van der Waals surface area contributed by atoms with Gasteiger partial charge in [0.15, 0.2) is 12.6 Å². The van der Waals surface area contributed by atoms with Crippen molar-refractivity contribution in [2.24, 2.45) is 5.41 Å². The molecule has 12 heavy (non-hydrogen) atoms. The van der Waals surface area contributed by atoms with Crippen LogP contribution in [0, 0.1) is 5.41 Å². The molecular weight excluding hydrogens is 156 g/mol. The van der Waals surface area contributed by atoms with Gasteiger partial charge in [-0.1, -0.05) is 6.92 Å². The Labute approximate surface area is 72.7 Å². The molecule has 70 valence electrons. The SMILES string of the molecule is CCC12CCCOC1OC(O)C2. The van der Waals surface area contributed by atoms with Crippen molar-refractivity contribution in [3.05, 3.63) is 0 Å². The maximum atomic E-state index is 9.35. The Morgan fingerprint density at radius 2 is 2.42 bits per heavy atom. The first-order chi connectivity index (χ1) is 5.77. The van der Waals surface area contributed by atoms with Gasteiger partial charge in [0.05, 0.1) is 0 Å². The summed E-state index contributed by atoms with van der Waals surface area (Å²) in [5, 5.41) is 9.35. The highest BCUT2D eigenvalue weighted by Gasteiger charge is 2.49. The van der Waals surface area contributed by atoms with Crippen LogP contribution in [0.2, 0.25) is 0 Å². The molecule has 2 saturated heterocycles. The molecule has 2 fully saturated rings. The van der Waals surface area contributed by atoms with Crippen molar-refractivity contribution in [1.82, 2.24) is 0 Å². The number of aliphatic hydroxyl groups excluding tert-OH is 1. The van der Waals surface area contributed by atoms with E-state index < -0.39 is 6.29 Å². The summed E-state index contributed by atoms with van der Waals surface area (Å²) in [7, 11) is 0. The van der Waals surface area contributed by atoms with Crippen LogP contribution in [0.25, 0.3) is 0 Å². The van der Waals surface area contributed by atoms with Crippen LogP contribution in [0.1, 0.15) is 32.6 Å². The molecule has 0 bridgehead atoms. The fourth-order valence-electron chi connectivity index (χ4n) is 2.32. The van der Waals surface area contributed by atoms with E-state index in [4.69, 9.17) is 9.47 Å². The zero-order valence-corrected chi connectivity index (χ0v) is 7.45. The van der Waals surface area contributed by atoms with Gasteiger partial charge in [-0.25, -0.2) is 0 Å². The van der Waals surface area contributed by atoms with Crippen LogP contribution in [-0.2, 0) is 9.47 Å². The molecule has 2 heterocycles. The van der Waals surface area contributed by atoms with Gasteiger partial charge in [0, 0.05) is 18.4 Å². The highest BCUT2D eigenvalue weighted by Crippen LogP contribution is 2.47. The van der Waals surface area contributed by atoms with E-state index in [1.54, 1.807) is 0 Å². The van der Waals surface area contributed by atoms with Crippen molar-refractivity contribution in [3.8, 4) is 0 Å². The topological polar surface area (TPSA) is 38.7 Å². The second-order valence-corrected chi connectivity index (χ2v) is 3.82. The highest BCUT2D eigenvalue weighted by atomic mass is 16.7. The summed E-state index contributed by atoms with van der Waals surface area (Å²) >= 11 is 0. The molecule has 3 unspecified atom stereocenters. The average Bonchev–Trinajstić information content (AvgIpc) is 2.41. The molecule has 0 spiro atoms. The minimum atomic E-state index is -0.604. The van der Waals surface area contributed by atoms with Crippen molar-refractivity contribution in [2.45, 2.75) is 45.2 Å². The molecule has 0 aromatic carbocycles. The lowest BCUT2D eigenvalue weighted by Gasteiger charge is -2.36. The van der Waals surface area contributed by atoms with Crippen molar-refractivity contribution in [2.75, 3.05) is 6.61 Å². The number of rotatable bonds is 1. The van der Waals surface area contributed by atoms with Gasteiger partial charge in [-0.15, -0.1) is 0 Å². The third-order valence-corrected chi connectivity index (χ3v) is 3.15. The smallest absolute Gasteiger partial charge is 0.166 e. The van der Waals surface area contributed by atoms with E-state index in [1.165, 1.54) is 0 Å². The molecule has 3 nitrogen and oxygen atoms in total. The standard InChI is InChI=1S/C9H16O3/c1-2-9-4-3-5-11-8(9)12-7(10)6-9/h7-8,10H,2-6H2,1H3. The largest absolute Gasteiger partial charge is 0.368 e. The van der Waals surface area contributed by atoms with Crippen LogP contribution in [0.5, 0.6) is 0 Å². The van der Waals surface area contributed by atoms with Crippen molar-refractivity contribution in [3.63, 3.8) is 0 Å². The molecule has 0 aromatic rings. The molecule has 3 heteroatoms. The Balaban J connectivity index is 2.14. The van der Waals surface area contributed by atoms with Crippen LogP contribution in [0.4, 0.5) is 0 Å². The minimum absolute atomic E-state index is 0.109. The lowest BCUT2D eigenvalue weighted by Crippen LogP contribution is -2.37. The van der Waals surface area contributed by atoms with Gasteiger partial charge in [0.1, 0.15) is 0 Å². The van der Waals surface area contributed by atoms with E-state index in [-0.39, 0.29) is 11.7 Å². The predicted molar refractivity (Wildman–Crippen MR) is 43.4 cm³/mol. The quantitative estimate of drug-likeness (QED) is 0.647. The monoisotopic (exact) mass is 172 g/mol. The second-order valence-electron chi connectivity index (χ2n) is 3.82. The van der Waals surface area contributed by atoms with E-state index in [0.29, 0.717) is 0 Å². The second kappa shape index (κ2) is 2.98. The lowest BCUT2D eigenvalue weighted by molar-refractivity contribution is -0.224. The predicted octanol–water partition coefficient (Wildman–Crippen LogP) is 1.26. The van der Waals surface area contributed by atoms with E-state index >= 15 is 0 Å². The zero-order chi connectivity index (χ0) is 8.60.